The molecule has 0 bridgehead atoms. The second-order valence-corrected chi connectivity index (χ2v) is 4.72. The van der Waals surface area contributed by atoms with E-state index in [1.165, 1.54) is 13.3 Å². The lowest BCUT2D eigenvalue weighted by atomic mass is 10.0. The Kier molecular flexibility index (Phi) is 5.57. The fourth-order valence-electron chi connectivity index (χ4n) is 2.02. The molecule has 0 fully saturated rings. The predicted octanol–water partition coefficient (Wildman–Crippen LogP) is 1.85. The van der Waals surface area contributed by atoms with Gasteiger partial charge in [0.05, 0.1) is 13.5 Å². The first-order valence-corrected chi connectivity index (χ1v) is 7.01. The number of hydrogen-bond donors (Lipinski definition) is 1. The van der Waals surface area contributed by atoms with E-state index in [1.807, 2.05) is 12.1 Å². The van der Waals surface area contributed by atoms with Crippen LogP contribution in [0.15, 0.2) is 42.6 Å². The van der Waals surface area contributed by atoms with Crippen molar-refractivity contribution in [2.45, 2.75) is 6.42 Å². The number of ether oxygens (including phenoxy) is 1. The van der Waals surface area contributed by atoms with Crippen molar-refractivity contribution in [2.24, 2.45) is 0 Å². The number of methoxy groups -OCH3 is 1. The molecule has 1 amide bonds. The van der Waals surface area contributed by atoms with Crippen molar-refractivity contribution in [2.75, 3.05) is 13.7 Å². The lowest BCUT2D eigenvalue weighted by Gasteiger charge is -2.06. The summed E-state index contributed by atoms with van der Waals surface area (Å²) in [6.07, 6.45) is 2.42. The number of amides is 1. The van der Waals surface area contributed by atoms with Gasteiger partial charge in [0.1, 0.15) is 5.69 Å². The van der Waals surface area contributed by atoms with Crippen LogP contribution in [0.5, 0.6) is 0 Å². The zero-order chi connectivity index (χ0) is 16.7. The fraction of sp³-hybridized carbons (Fsp3) is 0.176. The van der Waals surface area contributed by atoms with Crippen molar-refractivity contribution in [1.29, 1.82) is 0 Å². The average Bonchev–Trinajstić information content (AvgIpc) is 2.61. The molecule has 1 aromatic carbocycles. The Morgan fingerprint density at radius 1 is 1.22 bits per heavy atom. The van der Waals surface area contributed by atoms with Crippen LogP contribution in [0.1, 0.15) is 27.3 Å². The van der Waals surface area contributed by atoms with E-state index in [2.05, 4.69) is 15.0 Å². The minimum absolute atomic E-state index is 0.104. The molecule has 0 atom stereocenters. The van der Waals surface area contributed by atoms with Crippen LogP contribution in [0.2, 0.25) is 0 Å². The average molecular weight is 312 g/mol. The van der Waals surface area contributed by atoms with Crippen molar-refractivity contribution >= 4 is 18.2 Å². The summed E-state index contributed by atoms with van der Waals surface area (Å²) in [6.45, 7) is 0.183. The Bertz CT molecular complexity index is 711. The van der Waals surface area contributed by atoms with Crippen molar-refractivity contribution in [3.63, 3.8) is 0 Å². The normalized spacial score (nSPS) is 9.96. The lowest BCUT2D eigenvalue weighted by Crippen LogP contribution is -2.27. The predicted molar refractivity (Wildman–Crippen MR) is 84.0 cm³/mol. The molecular formula is C17H16N2O4. The van der Waals surface area contributed by atoms with Gasteiger partial charge in [0.2, 0.25) is 0 Å². The van der Waals surface area contributed by atoms with Crippen LogP contribution in [-0.4, -0.2) is 36.8 Å². The first-order valence-electron chi connectivity index (χ1n) is 7.01. The summed E-state index contributed by atoms with van der Waals surface area (Å²) in [5.41, 5.74) is 2.30. The van der Waals surface area contributed by atoms with E-state index in [0.717, 1.165) is 17.4 Å². The van der Waals surface area contributed by atoms with Gasteiger partial charge < -0.3 is 10.1 Å². The molecule has 0 aliphatic rings. The number of pyridine rings is 1. The molecular weight excluding hydrogens is 296 g/mol. The van der Waals surface area contributed by atoms with Crippen molar-refractivity contribution in [3.05, 3.63) is 53.9 Å². The second-order valence-electron chi connectivity index (χ2n) is 4.72. The molecule has 0 spiro atoms. The number of nitrogens with one attached hydrogen (secondary N) is 1. The highest BCUT2D eigenvalue weighted by molar-refractivity contribution is 5.93. The van der Waals surface area contributed by atoms with Crippen LogP contribution in [0, 0.1) is 0 Å². The monoisotopic (exact) mass is 312 g/mol. The maximum absolute atomic E-state index is 11.9. The maximum Gasteiger partial charge on any atom is 0.307 e. The maximum atomic E-state index is 11.9. The summed E-state index contributed by atoms with van der Waals surface area (Å²) in [6, 6.07) is 10.4. The van der Waals surface area contributed by atoms with Gasteiger partial charge in [-0.3, -0.25) is 19.4 Å². The highest BCUT2D eigenvalue weighted by Gasteiger charge is 2.09. The number of aromatic nitrogens is 1. The van der Waals surface area contributed by atoms with Gasteiger partial charge in [0.15, 0.2) is 6.29 Å². The molecule has 2 rings (SSSR count). The second kappa shape index (κ2) is 7.84. The molecule has 0 aliphatic carbocycles. The molecule has 0 radical (unpaired) electrons. The highest BCUT2D eigenvalue weighted by Crippen LogP contribution is 2.21. The van der Waals surface area contributed by atoms with Gasteiger partial charge in [-0.1, -0.05) is 30.3 Å². The summed E-state index contributed by atoms with van der Waals surface area (Å²) in [4.78, 5) is 38.0. The van der Waals surface area contributed by atoms with Gasteiger partial charge in [-0.05, 0) is 11.6 Å². The standard InChI is InChI=1S/C17H16N2O4/c1-23-16(21)8-9-18-17(22)15-7-6-12(10-19-15)14-5-3-2-4-13(14)11-20/h2-7,10-11H,8-9H2,1H3,(H,18,22). The summed E-state index contributed by atoms with van der Waals surface area (Å²) >= 11 is 0. The largest absolute Gasteiger partial charge is 0.469 e. The van der Waals surface area contributed by atoms with E-state index in [1.54, 1.807) is 24.3 Å². The topological polar surface area (TPSA) is 85.4 Å². The third-order valence-electron chi connectivity index (χ3n) is 3.24. The highest BCUT2D eigenvalue weighted by atomic mass is 16.5. The Balaban J connectivity index is 2.06. The molecule has 2 aromatic rings. The zero-order valence-electron chi connectivity index (χ0n) is 12.6. The zero-order valence-corrected chi connectivity index (χ0v) is 12.6. The van der Waals surface area contributed by atoms with Gasteiger partial charge in [0, 0.05) is 23.9 Å². The Morgan fingerprint density at radius 3 is 2.65 bits per heavy atom. The number of hydrogen-bond acceptors (Lipinski definition) is 5. The molecule has 1 aromatic heterocycles. The quantitative estimate of drug-likeness (QED) is 0.650. The minimum Gasteiger partial charge on any atom is -0.469 e. The number of esters is 1. The van der Waals surface area contributed by atoms with Crippen LogP contribution in [0.25, 0.3) is 11.1 Å². The third kappa shape index (κ3) is 4.23. The third-order valence-corrected chi connectivity index (χ3v) is 3.24. The van der Waals surface area contributed by atoms with Crippen molar-refractivity contribution in [3.8, 4) is 11.1 Å². The van der Waals surface area contributed by atoms with Gasteiger partial charge >= 0.3 is 5.97 Å². The van der Waals surface area contributed by atoms with Crippen LogP contribution in [-0.2, 0) is 9.53 Å². The summed E-state index contributed by atoms with van der Waals surface area (Å²) in [5, 5.41) is 2.59. The van der Waals surface area contributed by atoms with E-state index < -0.39 is 0 Å². The summed E-state index contributed by atoms with van der Waals surface area (Å²) in [5.74, 6) is -0.761. The number of rotatable bonds is 6. The van der Waals surface area contributed by atoms with E-state index in [9.17, 15) is 14.4 Å². The fourth-order valence-corrected chi connectivity index (χ4v) is 2.02. The van der Waals surface area contributed by atoms with Gasteiger partial charge in [-0.15, -0.1) is 0 Å². The lowest BCUT2D eigenvalue weighted by molar-refractivity contribution is -0.140. The summed E-state index contributed by atoms with van der Waals surface area (Å²) in [7, 11) is 1.29. The molecule has 6 nitrogen and oxygen atoms in total. The molecule has 23 heavy (non-hydrogen) atoms. The molecule has 1 N–H and O–H groups in total. The molecule has 0 saturated carbocycles. The van der Waals surface area contributed by atoms with E-state index in [4.69, 9.17) is 0 Å². The number of aldehydes is 1. The van der Waals surface area contributed by atoms with Gasteiger partial charge in [-0.2, -0.15) is 0 Å². The summed E-state index contributed by atoms with van der Waals surface area (Å²) < 4.78 is 4.49. The number of carbonyl (C=O) groups excluding carboxylic acids is 3. The van der Waals surface area contributed by atoms with Crippen LogP contribution < -0.4 is 5.32 Å². The Morgan fingerprint density at radius 2 is 2.00 bits per heavy atom. The molecule has 6 heteroatoms. The first kappa shape index (κ1) is 16.4. The molecule has 0 aliphatic heterocycles. The van der Waals surface area contributed by atoms with Crippen LogP contribution >= 0.6 is 0 Å². The van der Waals surface area contributed by atoms with Gasteiger partial charge in [-0.25, -0.2) is 0 Å². The smallest absolute Gasteiger partial charge is 0.307 e. The van der Waals surface area contributed by atoms with E-state index >= 15 is 0 Å². The number of nitrogens with zero attached hydrogens (tertiary/aromatic N) is 1. The van der Waals surface area contributed by atoms with Crippen molar-refractivity contribution in [1.82, 2.24) is 10.3 Å². The molecule has 1 heterocycles. The molecule has 0 unspecified atom stereocenters. The van der Waals surface area contributed by atoms with Crippen LogP contribution in [0.4, 0.5) is 0 Å². The van der Waals surface area contributed by atoms with Crippen LogP contribution in [0.3, 0.4) is 0 Å². The Hall–Kier alpha value is -3.02. The minimum atomic E-state index is -0.390. The first-order chi connectivity index (χ1) is 11.2. The molecule has 0 saturated heterocycles. The number of benzene rings is 1. The van der Waals surface area contributed by atoms with E-state index in [-0.39, 0.29) is 30.5 Å². The SMILES string of the molecule is COC(=O)CCNC(=O)c1ccc(-c2ccccc2C=O)cn1. The van der Waals surface area contributed by atoms with Crippen molar-refractivity contribution < 1.29 is 19.1 Å². The van der Waals surface area contributed by atoms with Gasteiger partial charge in [0.25, 0.3) is 5.91 Å². The molecule has 118 valence electrons. The van der Waals surface area contributed by atoms with E-state index in [0.29, 0.717) is 5.56 Å². The number of carbonyl (C=O) groups is 3. The Labute approximate surface area is 133 Å².